The van der Waals surface area contributed by atoms with Gasteiger partial charge in [-0.25, -0.2) is 15.0 Å². The molecule has 102 valence electrons. The first-order chi connectivity index (χ1) is 8.04. The summed E-state index contributed by atoms with van der Waals surface area (Å²) in [6.07, 6.45) is -0.823. The Balaban J connectivity index is 4.41. The van der Waals surface area contributed by atoms with Gasteiger partial charge in [0, 0.05) is 11.1 Å². The molecule has 18 heavy (non-hydrogen) atoms. The van der Waals surface area contributed by atoms with Crippen molar-refractivity contribution in [3.8, 4) is 0 Å². The van der Waals surface area contributed by atoms with E-state index in [0.717, 1.165) is 0 Å². The van der Waals surface area contributed by atoms with Crippen LogP contribution in [0.25, 0.3) is 0 Å². The monoisotopic (exact) mass is 258 g/mol. The molecule has 0 heterocycles. The van der Waals surface area contributed by atoms with Crippen LogP contribution in [0.1, 0.15) is 34.6 Å². The van der Waals surface area contributed by atoms with Crippen molar-refractivity contribution in [2.24, 2.45) is 0 Å². The molecule has 0 aliphatic carbocycles. The number of nitrogens with one attached hydrogen (secondary N) is 2. The van der Waals surface area contributed by atoms with E-state index in [1.807, 2.05) is 5.43 Å². The number of ether oxygens (including phenoxy) is 1. The highest BCUT2D eigenvalue weighted by Gasteiger charge is 2.17. The number of carbonyl (C=O) groups excluding carboxylic acids is 2. The molecule has 0 saturated heterocycles. The molecule has 2 amide bonds. The van der Waals surface area contributed by atoms with Gasteiger partial charge in [-0.05, 0) is 34.6 Å². The Morgan fingerprint density at radius 3 is 1.89 bits per heavy atom. The molecule has 7 heteroatoms. The second-order valence-corrected chi connectivity index (χ2v) is 4.64. The summed E-state index contributed by atoms with van der Waals surface area (Å²) in [7, 11) is 0. The van der Waals surface area contributed by atoms with E-state index in [2.05, 4.69) is 5.43 Å². The number of hydrogen-bond acceptors (Lipinski definition) is 4. The maximum absolute atomic E-state index is 11.5. The fraction of sp³-hybridized carbons (Fsp3) is 0.545. The minimum atomic E-state index is -1.19. The first kappa shape index (κ1) is 16.0. The zero-order valence-electron chi connectivity index (χ0n) is 11.1. The van der Waals surface area contributed by atoms with E-state index in [4.69, 9.17) is 9.84 Å². The molecule has 0 aromatic carbocycles. The quantitative estimate of drug-likeness (QED) is 0.505. The van der Waals surface area contributed by atoms with Gasteiger partial charge in [-0.2, -0.15) is 0 Å². The molecule has 0 aliphatic heterocycles. The molecule has 0 bridgehead atoms. The van der Waals surface area contributed by atoms with Crippen molar-refractivity contribution >= 4 is 18.0 Å². The Hall–Kier alpha value is -2.05. The molecule has 0 rings (SSSR count). The van der Waals surface area contributed by atoms with Gasteiger partial charge in [-0.3, -0.25) is 10.2 Å². The number of aliphatic carboxylic acids is 1. The summed E-state index contributed by atoms with van der Waals surface area (Å²) in [4.78, 5) is 33.3. The van der Waals surface area contributed by atoms with Crippen LogP contribution in [0.3, 0.4) is 0 Å². The first-order valence-corrected chi connectivity index (χ1v) is 5.24. The summed E-state index contributed by atoms with van der Waals surface area (Å²) < 4.78 is 4.88. The molecule has 0 unspecified atom stereocenters. The van der Waals surface area contributed by atoms with Crippen molar-refractivity contribution < 1.29 is 24.2 Å². The fourth-order valence-electron chi connectivity index (χ4n) is 0.836. The number of carboxylic acids is 1. The van der Waals surface area contributed by atoms with E-state index in [1.165, 1.54) is 13.8 Å². The van der Waals surface area contributed by atoms with E-state index in [0.29, 0.717) is 0 Å². The zero-order chi connectivity index (χ0) is 14.5. The summed E-state index contributed by atoms with van der Waals surface area (Å²) in [5.41, 5.74) is 3.30. The third kappa shape index (κ3) is 5.88. The summed E-state index contributed by atoms with van der Waals surface area (Å²) in [6, 6.07) is 0. The minimum absolute atomic E-state index is 0.00133. The van der Waals surface area contributed by atoms with Gasteiger partial charge in [0.25, 0.3) is 5.91 Å². The predicted octanol–water partition coefficient (Wildman–Crippen LogP) is 0.963. The van der Waals surface area contributed by atoms with Crippen LogP contribution >= 0.6 is 0 Å². The number of carbonyl (C=O) groups is 3. The second kappa shape index (κ2) is 6.04. The summed E-state index contributed by atoms with van der Waals surface area (Å²) in [5, 5.41) is 8.68. The maximum Gasteiger partial charge on any atom is 0.426 e. The van der Waals surface area contributed by atoms with Crippen LogP contribution in [-0.2, 0) is 14.3 Å². The van der Waals surface area contributed by atoms with Crippen molar-refractivity contribution in [3.05, 3.63) is 11.1 Å². The number of hydrogen-bond donors (Lipinski definition) is 3. The topological polar surface area (TPSA) is 105 Å². The number of amides is 2. The zero-order valence-corrected chi connectivity index (χ0v) is 11.1. The predicted molar refractivity (Wildman–Crippen MR) is 63.5 cm³/mol. The largest absolute Gasteiger partial charge is 0.478 e. The molecule has 0 aromatic rings. The molecule has 0 radical (unpaired) electrons. The average molecular weight is 258 g/mol. The lowest BCUT2D eigenvalue weighted by Gasteiger charge is -2.19. The van der Waals surface area contributed by atoms with Crippen LogP contribution in [0, 0.1) is 0 Å². The van der Waals surface area contributed by atoms with Crippen LogP contribution in [0.4, 0.5) is 4.79 Å². The van der Waals surface area contributed by atoms with Gasteiger partial charge < -0.3 is 9.84 Å². The normalized spacial score (nSPS) is 12.3. The standard InChI is InChI=1S/C11H18N2O5/c1-6(7(2)9(15)16)8(14)12-13-10(17)18-11(3,4)5/h1-5H3,(H,12,14)(H,13,17)(H,15,16)/b7-6-. The lowest BCUT2D eigenvalue weighted by Crippen LogP contribution is -2.44. The van der Waals surface area contributed by atoms with E-state index >= 15 is 0 Å². The highest BCUT2D eigenvalue weighted by atomic mass is 16.6. The van der Waals surface area contributed by atoms with E-state index < -0.39 is 23.6 Å². The van der Waals surface area contributed by atoms with Gasteiger partial charge in [0.2, 0.25) is 0 Å². The van der Waals surface area contributed by atoms with Gasteiger partial charge in [-0.15, -0.1) is 0 Å². The minimum Gasteiger partial charge on any atom is -0.478 e. The Kier molecular flexibility index (Phi) is 5.35. The SMILES string of the molecule is C/C(C(=O)O)=C(\C)C(=O)NNC(=O)OC(C)(C)C. The molecule has 0 fully saturated rings. The van der Waals surface area contributed by atoms with Crippen molar-refractivity contribution in [1.29, 1.82) is 0 Å². The average Bonchev–Trinajstić information content (AvgIpc) is 2.21. The summed E-state index contributed by atoms with van der Waals surface area (Å²) in [5.74, 6) is -1.90. The molecule has 0 aromatic heterocycles. The Labute approximate surface area is 105 Å². The highest BCUT2D eigenvalue weighted by molar-refractivity contribution is 6.01. The van der Waals surface area contributed by atoms with Crippen molar-refractivity contribution in [1.82, 2.24) is 10.9 Å². The summed E-state index contributed by atoms with van der Waals surface area (Å²) in [6.45, 7) is 7.66. The number of rotatable bonds is 2. The fourth-order valence-corrected chi connectivity index (χ4v) is 0.836. The van der Waals surface area contributed by atoms with Crippen molar-refractivity contribution in [2.75, 3.05) is 0 Å². The summed E-state index contributed by atoms with van der Waals surface area (Å²) >= 11 is 0. The van der Waals surface area contributed by atoms with Crippen LogP contribution in [0.15, 0.2) is 11.1 Å². The van der Waals surface area contributed by atoms with Crippen molar-refractivity contribution in [2.45, 2.75) is 40.2 Å². The van der Waals surface area contributed by atoms with E-state index in [-0.39, 0.29) is 11.1 Å². The third-order valence-electron chi connectivity index (χ3n) is 1.90. The number of hydrazine groups is 1. The molecule has 0 saturated carbocycles. The number of carboxylic acid groups (broad SMARTS) is 1. The molecular weight excluding hydrogens is 240 g/mol. The van der Waals surface area contributed by atoms with E-state index in [1.54, 1.807) is 20.8 Å². The van der Waals surface area contributed by atoms with Crippen LogP contribution in [0.5, 0.6) is 0 Å². The molecule has 0 atom stereocenters. The smallest absolute Gasteiger partial charge is 0.426 e. The molecular formula is C11H18N2O5. The van der Waals surface area contributed by atoms with Gasteiger partial charge >= 0.3 is 12.1 Å². The second-order valence-electron chi connectivity index (χ2n) is 4.64. The van der Waals surface area contributed by atoms with Crippen LogP contribution in [0.2, 0.25) is 0 Å². The van der Waals surface area contributed by atoms with Crippen LogP contribution in [-0.4, -0.2) is 28.7 Å². The van der Waals surface area contributed by atoms with Gasteiger partial charge in [-0.1, -0.05) is 0 Å². The third-order valence-corrected chi connectivity index (χ3v) is 1.90. The Bertz CT molecular complexity index is 393. The van der Waals surface area contributed by atoms with Crippen molar-refractivity contribution in [3.63, 3.8) is 0 Å². The molecule has 0 aliphatic rings. The van der Waals surface area contributed by atoms with Gasteiger partial charge in [0.1, 0.15) is 5.60 Å². The molecule has 3 N–H and O–H groups in total. The van der Waals surface area contributed by atoms with Gasteiger partial charge in [0.05, 0.1) is 0 Å². The lowest BCUT2D eigenvalue weighted by molar-refractivity contribution is -0.133. The maximum atomic E-state index is 11.5. The van der Waals surface area contributed by atoms with Gasteiger partial charge in [0.15, 0.2) is 0 Å². The Morgan fingerprint density at radius 2 is 1.50 bits per heavy atom. The lowest BCUT2D eigenvalue weighted by atomic mass is 10.1. The molecule has 0 spiro atoms. The van der Waals surface area contributed by atoms with E-state index in [9.17, 15) is 14.4 Å². The van der Waals surface area contributed by atoms with Crippen LogP contribution < -0.4 is 10.9 Å². The Morgan fingerprint density at radius 1 is 1.00 bits per heavy atom. The molecule has 7 nitrogen and oxygen atoms in total. The first-order valence-electron chi connectivity index (χ1n) is 5.24. The highest BCUT2D eigenvalue weighted by Crippen LogP contribution is 2.06.